The SMILES string of the molecule is COc1ccc(N2CCN(C(=O)c3cnn(-c4ccc(C)cc4C)c3C3CCN(C(=O)OC(C)(C)C)CC3)CC2)cc1. The maximum Gasteiger partial charge on any atom is 0.410 e. The first kappa shape index (κ1) is 29.5. The van der Waals surface area contributed by atoms with Crippen molar-refractivity contribution < 1.29 is 19.1 Å². The van der Waals surface area contributed by atoms with E-state index in [-0.39, 0.29) is 17.9 Å². The molecule has 0 saturated carbocycles. The molecule has 0 aliphatic carbocycles. The van der Waals surface area contributed by atoms with Gasteiger partial charge in [0.05, 0.1) is 30.3 Å². The van der Waals surface area contributed by atoms with Crippen molar-refractivity contribution in [2.75, 3.05) is 51.3 Å². The van der Waals surface area contributed by atoms with E-state index in [9.17, 15) is 9.59 Å². The predicted molar refractivity (Wildman–Crippen MR) is 164 cm³/mol. The number of aromatic nitrogens is 2. The zero-order chi connectivity index (χ0) is 30.0. The Kier molecular flexibility index (Phi) is 8.48. The average Bonchev–Trinajstić information content (AvgIpc) is 3.41. The van der Waals surface area contributed by atoms with Crippen LogP contribution in [0.25, 0.3) is 5.69 Å². The molecular formula is C33H43N5O4. The molecule has 42 heavy (non-hydrogen) atoms. The van der Waals surface area contributed by atoms with Gasteiger partial charge in [0, 0.05) is 50.9 Å². The first-order chi connectivity index (χ1) is 20.0. The smallest absolute Gasteiger partial charge is 0.410 e. The molecule has 1 aromatic heterocycles. The Bertz CT molecular complexity index is 1410. The van der Waals surface area contributed by atoms with Gasteiger partial charge in [-0.25, -0.2) is 9.48 Å². The highest BCUT2D eigenvalue weighted by atomic mass is 16.6. The number of piperidine rings is 1. The third kappa shape index (κ3) is 6.40. The Morgan fingerprint density at radius 1 is 0.881 bits per heavy atom. The highest BCUT2D eigenvalue weighted by molar-refractivity contribution is 5.95. The number of ether oxygens (including phenoxy) is 2. The van der Waals surface area contributed by atoms with Crippen LogP contribution in [-0.2, 0) is 4.74 Å². The quantitative estimate of drug-likeness (QED) is 0.397. The molecule has 0 atom stereocenters. The van der Waals surface area contributed by atoms with Gasteiger partial charge in [0.25, 0.3) is 5.91 Å². The van der Waals surface area contributed by atoms with Crippen LogP contribution in [0, 0.1) is 13.8 Å². The van der Waals surface area contributed by atoms with Gasteiger partial charge in [-0.2, -0.15) is 5.10 Å². The summed E-state index contributed by atoms with van der Waals surface area (Å²) in [6, 6.07) is 14.4. The minimum atomic E-state index is -0.535. The predicted octanol–water partition coefficient (Wildman–Crippen LogP) is 5.57. The second-order valence-corrected chi connectivity index (χ2v) is 12.4. The van der Waals surface area contributed by atoms with Gasteiger partial charge in [0.15, 0.2) is 0 Å². The fourth-order valence-corrected chi connectivity index (χ4v) is 5.94. The summed E-state index contributed by atoms with van der Waals surface area (Å²) >= 11 is 0. The lowest BCUT2D eigenvalue weighted by Gasteiger charge is -2.37. The van der Waals surface area contributed by atoms with Crippen LogP contribution >= 0.6 is 0 Å². The number of hydrogen-bond acceptors (Lipinski definition) is 6. The number of benzene rings is 2. The summed E-state index contributed by atoms with van der Waals surface area (Å²) in [5, 5.41) is 4.79. The van der Waals surface area contributed by atoms with Crippen LogP contribution < -0.4 is 9.64 Å². The van der Waals surface area contributed by atoms with Gasteiger partial charge in [-0.05, 0) is 83.4 Å². The fourth-order valence-electron chi connectivity index (χ4n) is 5.94. The minimum Gasteiger partial charge on any atom is -0.497 e. The summed E-state index contributed by atoms with van der Waals surface area (Å²) in [7, 11) is 1.67. The number of aryl methyl sites for hydroxylation is 2. The number of rotatable bonds is 5. The van der Waals surface area contributed by atoms with Gasteiger partial charge in [-0.15, -0.1) is 0 Å². The van der Waals surface area contributed by atoms with E-state index in [0.29, 0.717) is 31.7 Å². The normalized spacial score (nSPS) is 16.5. The number of carbonyl (C=O) groups is 2. The van der Waals surface area contributed by atoms with Gasteiger partial charge in [-0.3, -0.25) is 4.79 Å². The average molecular weight is 574 g/mol. The van der Waals surface area contributed by atoms with Gasteiger partial charge < -0.3 is 24.2 Å². The number of hydrogen-bond donors (Lipinski definition) is 0. The number of methoxy groups -OCH3 is 1. The summed E-state index contributed by atoms with van der Waals surface area (Å²) < 4.78 is 12.9. The molecule has 3 heterocycles. The number of anilines is 1. The Morgan fingerprint density at radius 3 is 2.14 bits per heavy atom. The molecule has 2 amide bonds. The highest BCUT2D eigenvalue weighted by Crippen LogP contribution is 2.34. The van der Waals surface area contributed by atoms with Crippen LogP contribution in [0.1, 0.15) is 66.7 Å². The van der Waals surface area contributed by atoms with Crippen molar-refractivity contribution in [3.8, 4) is 11.4 Å². The number of likely N-dealkylation sites (tertiary alicyclic amines) is 1. The lowest BCUT2D eigenvalue weighted by molar-refractivity contribution is 0.0203. The lowest BCUT2D eigenvalue weighted by Crippen LogP contribution is -2.49. The largest absolute Gasteiger partial charge is 0.497 e. The second-order valence-electron chi connectivity index (χ2n) is 12.4. The van der Waals surface area contributed by atoms with E-state index in [2.05, 4.69) is 49.1 Å². The van der Waals surface area contributed by atoms with Crippen molar-refractivity contribution in [3.05, 3.63) is 71.0 Å². The van der Waals surface area contributed by atoms with E-state index in [1.807, 2.05) is 42.5 Å². The maximum absolute atomic E-state index is 14.1. The van der Waals surface area contributed by atoms with E-state index < -0.39 is 5.60 Å². The van der Waals surface area contributed by atoms with E-state index in [0.717, 1.165) is 54.3 Å². The number of piperazine rings is 1. The fraction of sp³-hybridized carbons (Fsp3) is 0.485. The van der Waals surface area contributed by atoms with Crippen molar-refractivity contribution in [1.82, 2.24) is 19.6 Å². The lowest BCUT2D eigenvalue weighted by atomic mass is 9.90. The zero-order valence-corrected chi connectivity index (χ0v) is 25.7. The molecule has 2 saturated heterocycles. The summed E-state index contributed by atoms with van der Waals surface area (Å²) in [5.41, 5.74) is 5.46. The van der Waals surface area contributed by atoms with Crippen LogP contribution in [-0.4, -0.2) is 83.6 Å². The van der Waals surface area contributed by atoms with Crippen LogP contribution in [0.5, 0.6) is 5.75 Å². The van der Waals surface area contributed by atoms with Crippen LogP contribution in [0.3, 0.4) is 0 Å². The van der Waals surface area contributed by atoms with E-state index in [1.165, 1.54) is 5.56 Å². The Labute approximate surface area is 249 Å². The van der Waals surface area contributed by atoms with Gasteiger partial charge in [-0.1, -0.05) is 17.7 Å². The topological polar surface area (TPSA) is 80.1 Å². The third-order valence-corrected chi connectivity index (χ3v) is 8.16. The molecule has 9 heteroatoms. The van der Waals surface area contributed by atoms with Gasteiger partial charge >= 0.3 is 6.09 Å². The molecule has 224 valence electrons. The molecule has 2 aromatic carbocycles. The van der Waals surface area contributed by atoms with Crippen LogP contribution in [0.15, 0.2) is 48.7 Å². The molecule has 0 radical (unpaired) electrons. The molecule has 3 aromatic rings. The first-order valence-corrected chi connectivity index (χ1v) is 14.9. The Morgan fingerprint density at radius 2 is 1.55 bits per heavy atom. The van der Waals surface area contributed by atoms with E-state index >= 15 is 0 Å². The molecule has 2 aliphatic rings. The molecule has 5 rings (SSSR count). The van der Waals surface area contributed by atoms with Crippen molar-refractivity contribution in [2.24, 2.45) is 0 Å². The van der Waals surface area contributed by atoms with Crippen molar-refractivity contribution in [2.45, 2.75) is 59.0 Å². The first-order valence-electron chi connectivity index (χ1n) is 14.9. The maximum atomic E-state index is 14.1. The molecule has 2 fully saturated rings. The number of amides is 2. The molecular weight excluding hydrogens is 530 g/mol. The molecule has 0 unspecified atom stereocenters. The Hall–Kier alpha value is -4.01. The van der Waals surface area contributed by atoms with Crippen molar-refractivity contribution >= 4 is 17.7 Å². The monoisotopic (exact) mass is 573 g/mol. The van der Waals surface area contributed by atoms with E-state index in [1.54, 1.807) is 18.2 Å². The molecule has 0 bridgehead atoms. The van der Waals surface area contributed by atoms with Gasteiger partial charge in [0.2, 0.25) is 0 Å². The Balaban J connectivity index is 1.37. The molecule has 9 nitrogen and oxygen atoms in total. The molecule has 2 aliphatic heterocycles. The van der Waals surface area contributed by atoms with Crippen molar-refractivity contribution in [1.29, 1.82) is 0 Å². The summed E-state index contributed by atoms with van der Waals surface area (Å²) in [5.74, 6) is 0.939. The summed E-state index contributed by atoms with van der Waals surface area (Å²) in [6.45, 7) is 13.7. The third-order valence-electron chi connectivity index (χ3n) is 8.16. The van der Waals surface area contributed by atoms with Gasteiger partial charge in [0.1, 0.15) is 11.4 Å². The minimum absolute atomic E-state index is 0.0185. The van der Waals surface area contributed by atoms with E-state index in [4.69, 9.17) is 14.6 Å². The number of nitrogens with zero attached hydrogens (tertiary/aromatic N) is 5. The van der Waals surface area contributed by atoms with Crippen molar-refractivity contribution in [3.63, 3.8) is 0 Å². The highest BCUT2D eigenvalue weighted by Gasteiger charge is 2.34. The summed E-state index contributed by atoms with van der Waals surface area (Å²) in [6.07, 6.45) is 2.94. The van der Waals surface area contributed by atoms with Crippen LogP contribution in [0.4, 0.5) is 10.5 Å². The van der Waals surface area contributed by atoms with Crippen LogP contribution in [0.2, 0.25) is 0 Å². The molecule has 0 spiro atoms. The standard InChI is InChI=1S/C33H43N5O4/c1-23-7-12-29(24(2)21-23)38-30(25-13-15-37(16-14-25)32(40)42-33(3,4)5)28(22-34-38)31(39)36-19-17-35(18-20-36)26-8-10-27(41-6)11-9-26/h7-12,21-22,25H,13-20H2,1-6H3. The number of carbonyl (C=O) groups excluding carboxylic acids is 2. The molecule has 0 N–H and O–H groups in total. The zero-order valence-electron chi connectivity index (χ0n) is 25.7. The second kappa shape index (κ2) is 12.1. The summed E-state index contributed by atoms with van der Waals surface area (Å²) in [4.78, 5) is 32.8.